The molecule has 7 heteroatoms. The molecule has 0 aliphatic heterocycles. The van der Waals surface area contributed by atoms with Crippen molar-refractivity contribution in [3.8, 4) is 5.75 Å². The van der Waals surface area contributed by atoms with E-state index in [-0.39, 0.29) is 0 Å². The number of hydrogen-bond donors (Lipinski definition) is 2. The van der Waals surface area contributed by atoms with Crippen molar-refractivity contribution in [3.63, 3.8) is 0 Å². The molecule has 0 unspecified atom stereocenters. The van der Waals surface area contributed by atoms with Crippen molar-refractivity contribution in [2.24, 2.45) is 0 Å². The zero-order valence-electron chi connectivity index (χ0n) is 16.2. The van der Waals surface area contributed by atoms with Gasteiger partial charge in [0, 0.05) is 5.69 Å². The molecule has 0 saturated heterocycles. The minimum atomic E-state index is -0.995. The van der Waals surface area contributed by atoms with Crippen LogP contribution in [0.15, 0.2) is 71.3 Å². The molecular formula is C22H22N2O5. The maximum atomic E-state index is 12.6. The zero-order chi connectivity index (χ0) is 20.6. The molecule has 0 fully saturated rings. The number of amides is 1. The third-order valence-electron chi connectivity index (χ3n) is 4.20. The molecule has 1 atom stereocenters. The van der Waals surface area contributed by atoms with Crippen LogP contribution in [0.25, 0.3) is 0 Å². The standard InChI is InChI=1S/C22H22N2O5/c1-15(21(25)24-19-11-5-6-12-20(19)27-2)29-22(26)17-9-3-4-10-18(17)23-14-16-8-7-13-28-16/h3-13,15,23H,14H2,1-2H3,(H,24,25)/t15-/m0/s1. The van der Waals surface area contributed by atoms with E-state index in [2.05, 4.69) is 10.6 Å². The first-order valence-corrected chi connectivity index (χ1v) is 9.08. The van der Waals surface area contributed by atoms with E-state index in [0.29, 0.717) is 29.2 Å². The van der Waals surface area contributed by atoms with E-state index < -0.39 is 18.0 Å². The number of carbonyl (C=O) groups is 2. The van der Waals surface area contributed by atoms with Gasteiger partial charge in [0.25, 0.3) is 5.91 Å². The number of rotatable bonds is 8. The number of carbonyl (C=O) groups excluding carboxylic acids is 2. The molecule has 1 heterocycles. The number of methoxy groups -OCH3 is 1. The summed E-state index contributed by atoms with van der Waals surface area (Å²) in [5.74, 6) is 0.198. The molecule has 0 radical (unpaired) electrons. The number of benzene rings is 2. The van der Waals surface area contributed by atoms with E-state index in [1.165, 1.54) is 14.0 Å². The van der Waals surface area contributed by atoms with Gasteiger partial charge in [-0.1, -0.05) is 24.3 Å². The summed E-state index contributed by atoms with van der Waals surface area (Å²) in [7, 11) is 1.51. The Hall–Kier alpha value is -3.74. The fourth-order valence-electron chi connectivity index (χ4n) is 2.67. The highest BCUT2D eigenvalue weighted by Gasteiger charge is 2.21. The first-order chi connectivity index (χ1) is 14.1. The van der Waals surface area contributed by atoms with Gasteiger partial charge in [-0.2, -0.15) is 0 Å². The fourth-order valence-corrected chi connectivity index (χ4v) is 2.67. The molecule has 1 amide bonds. The maximum Gasteiger partial charge on any atom is 0.341 e. The number of nitrogens with one attached hydrogen (secondary N) is 2. The van der Waals surface area contributed by atoms with Crippen LogP contribution < -0.4 is 15.4 Å². The lowest BCUT2D eigenvalue weighted by Gasteiger charge is -2.16. The molecule has 0 spiro atoms. The number of ether oxygens (including phenoxy) is 2. The summed E-state index contributed by atoms with van der Waals surface area (Å²) < 4.78 is 15.9. The predicted molar refractivity (Wildman–Crippen MR) is 109 cm³/mol. The molecule has 0 aliphatic rings. The largest absolute Gasteiger partial charge is 0.495 e. The number of para-hydroxylation sites is 3. The number of hydrogen-bond acceptors (Lipinski definition) is 6. The molecule has 29 heavy (non-hydrogen) atoms. The van der Waals surface area contributed by atoms with Crippen molar-refractivity contribution in [1.82, 2.24) is 0 Å². The van der Waals surface area contributed by atoms with E-state index in [0.717, 1.165) is 5.76 Å². The highest BCUT2D eigenvalue weighted by Crippen LogP contribution is 2.24. The first kappa shape index (κ1) is 20.0. The van der Waals surface area contributed by atoms with Crippen LogP contribution in [0.5, 0.6) is 5.75 Å². The van der Waals surface area contributed by atoms with E-state index in [1.807, 2.05) is 6.07 Å². The van der Waals surface area contributed by atoms with Crippen molar-refractivity contribution in [1.29, 1.82) is 0 Å². The minimum absolute atomic E-state index is 0.330. The second-order valence-corrected chi connectivity index (χ2v) is 6.22. The average Bonchev–Trinajstić information content (AvgIpc) is 3.26. The third kappa shape index (κ3) is 5.16. The van der Waals surface area contributed by atoms with E-state index in [4.69, 9.17) is 13.9 Å². The van der Waals surface area contributed by atoms with Crippen LogP contribution in [0, 0.1) is 0 Å². The third-order valence-corrected chi connectivity index (χ3v) is 4.20. The van der Waals surface area contributed by atoms with Gasteiger partial charge in [-0.05, 0) is 43.3 Å². The van der Waals surface area contributed by atoms with Crippen LogP contribution in [-0.2, 0) is 16.1 Å². The van der Waals surface area contributed by atoms with Gasteiger partial charge in [-0.25, -0.2) is 4.79 Å². The van der Waals surface area contributed by atoms with Crippen molar-refractivity contribution < 1.29 is 23.5 Å². The lowest BCUT2D eigenvalue weighted by molar-refractivity contribution is -0.123. The molecule has 0 aliphatic carbocycles. The Balaban J connectivity index is 1.64. The number of esters is 1. The second kappa shape index (κ2) is 9.45. The Labute approximate surface area is 168 Å². The second-order valence-electron chi connectivity index (χ2n) is 6.22. The Morgan fingerprint density at radius 3 is 2.45 bits per heavy atom. The van der Waals surface area contributed by atoms with Gasteiger partial charge in [-0.3, -0.25) is 4.79 Å². The summed E-state index contributed by atoms with van der Waals surface area (Å²) in [6.45, 7) is 1.93. The molecule has 2 N–H and O–H groups in total. The van der Waals surface area contributed by atoms with Gasteiger partial charge >= 0.3 is 5.97 Å². The van der Waals surface area contributed by atoms with Gasteiger partial charge in [0.2, 0.25) is 0 Å². The summed E-state index contributed by atoms with van der Waals surface area (Å²) in [6, 6.07) is 17.6. The van der Waals surface area contributed by atoms with Crippen molar-refractivity contribution >= 4 is 23.3 Å². The fraction of sp³-hybridized carbons (Fsp3) is 0.182. The molecule has 0 bridgehead atoms. The molecule has 3 rings (SSSR count). The van der Waals surface area contributed by atoms with Crippen molar-refractivity contribution in [3.05, 3.63) is 78.3 Å². The van der Waals surface area contributed by atoms with Crippen LogP contribution in [0.4, 0.5) is 11.4 Å². The Bertz CT molecular complexity index is 969. The van der Waals surface area contributed by atoms with Gasteiger partial charge in [0.15, 0.2) is 6.10 Å². The quantitative estimate of drug-likeness (QED) is 0.560. The van der Waals surface area contributed by atoms with Crippen molar-refractivity contribution in [2.75, 3.05) is 17.7 Å². The summed E-state index contributed by atoms with van der Waals surface area (Å²) in [6.07, 6.45) is 0.588. The van der Waals surface area contributed by atoms with Crippen LogP contribution in [0.1, 0.15) is 23.0 Å². The normalized spacial score (nSPS) is 11.4. The molecule has 0 saturated carbocycles. The number of anilines is 2. The van der Waals surface area contributed by atoms with Gasteiger partial charge in [0.05, 0.1) is 31.2 Å². The van der Waals surface area contributed by atoms with Crippen molar-refractivity contribution in [2.45, 2.75) is 19.6 Å². The lowest BCUT2D eigenvalue weighted by atomic mass is 10.1. The smallest absolute Gasteiger partial charge is 0.341 e. The van der Waals surface area contributed by atoms with Crippen LogP contribution in [0.2, 0.25) is 0 Å². The van der Waals surface area contributed by atoms with E-state index in [1.54, 1.807) is 60.9 Å². The van der Waals surface area contributed by atoms with E-state index >= 15 is 0 Å². The molecular weight excluding hydrogens is 372 g/mol. The van der Waals surface area contributed by atoms with Gasteiger partial charge in [-0.15, -0.1) is 0 Å². The molecule has 2 aromatic carbocycles. The summed E-state index contributed by atoms with van der Waals surface area (Å²) >= 11 is 0. The highest BCUT2D eigenvalue weighted by molar-refractivity contribution is 6.00. The van der Waals surface area contributed by atoms with Crippen LogP contribution in [-0.4, -0.2) is 25.1 Å². The molecule has 1 aromatic heterocycles. The summed E-state index contributed by atoms with van der Waals surface area (Å²) in [5, 5.41) is 5.85. The van der Waals surface area contributed by atoms with Crippen LogP contribution >= 0.6 is 0 Å². The Morgan fingerprint density at radius 2 is 1.72 bits per heavy atom. The molecule has 7 nitrogen and oxygen atoms in total. The zero-order valence-corrected chi connectivity index (χ0v) is 16.2. The monoisotopic (exact) mass is 394 g/mol. The Kier molecular flexibility index (Phi) is 6.52. The SMILES string of the molecule is COc1ccccc1NC(=O)[C@H](C)OC(=O)c1ccccc1NCc1ccco1. The molecule has 3 aromatic rings. The van der Waals surface area contributed by atoms with E-state index in [9.17, 15) is 9.59 Å². The minimum Gasteiger partial charge on any atom is -0.495 e. The first-order valence-electron chi connectivity index (χ1n) is 9.08. The topological polar surface area (TPSA) is 89.8 Å². The Morgan fingerprint density at radius 1 is 1.00 bits per heavy atom. The summed E-state index contributed by atoms with van der Waals surface area (Å²) in [4.78, 5) is 25.1. The summed E-state index contributed by atoms with van der Waals surface area (Å²) in [5.41, 5.74) is 1.42. The van der Waals surface area contributed by atoms with Gasteiger partial charge < -0.3 is 24.5 Å². The predicted octanol–water partition coefficient (Wildman–Crippen LogP) is 4.08. The number of furan rings is 1. The highest BCUT2D eigenvalue weighted by atomic mass is 16.5. The van der Waals surface area contributed by atoms with Crippen LogP contribution in [0.3, 0.4) is 0 Å². The maximum absolute atomic E-state index is 12.6. The average molecular weight is 394 g/mol. The lowest BCUT2D eigenvalue weighted by Crippen LogP contribution is -2.30. The van der Waals surface area contributed by atoms with Gasteiger partial charge in [0.1, 0.15) is 11.5 Å². The molecule has 150 valence electrons.